The lowest BCUT2D eigenvalue weighted by Crippen LogP contribution is -2.23. The number of likely N-dealkylation sites (tertiary alicyclic amines) is 1. The number of benzene rings is 2. The molecule has 12 heteroatoms. The second-order valence-electron chi connectivity index (χ2n) is 9.41. The number of aliphatic imine (C=N–C) groups is 1. The molecule has 43 heavy (non-hydrogen) atoms. The number of anilines is 1. The molecule has 0 unspecified atom stereocenters. The Morgan fingerprint density at radius 3 is 2.40 bits per heavy atom. The molecule has 1 saturated heterocycles. The normalized spacial score (nSPS) is 16.7. The summed E-state index contributed by atoms with van der Waals surface area (Å²) < 4.78 is 6.79. The Labute approximate surface area is 247 Å². The number of rotatable bonds is 8. The first-order valence-electron chi connectivity index (χ1n) is 13.5. The third-order valence-corrected chi connectivity index (χ3v) is 6.68. The fourth-order valence-electron chi connectivity index (χ4n) is 4.58. The van der Waals surface area contributed by atoms with Crippen LogP contribution in [0, 0.1) is 0 Å². The number of nitrogens with one attached hydrogen (secondary N) is 1. The van der Waals surface area contributed by atoms with Crippen molar-refractivity contribution in [3.63, 3.8) is 0 Å². The van der Waals surface area contributed by atoms with Gasteiger partial charge in [0, 0.05) is 32.8 Å². The summed E-state index contributed by atoms with van der Waals surface area (Å²) in [5, 5.41) is 23.5. The minimum atomic E-state index is -0.498. The van der Waals surface area contributed by atoms with Gasteiger partial charge in [-0.3, -0.25) is 19.4 Å². The van der Waals surface area contributed by atoms with E-state index in [1.807, 2.05) is 12.1 Å². The number of carbonyl (C=O) groups is 3. The van der Waals surface area contributed by atoms with E-state index in [1.165, 1.54) is 42.3 Å². The summed E-state index contributed by atoms with van der Waals surface area (Å²) in [7, 11) is 3.00. The van der Waals surface area contributed by atoms with Crippen LogP contribution in [0.3, 0.4) is 0 Å². The van der Waals surface area contributed by atoms with Crippen molar-refractivity contribution in [2.45, 2.75) is 12.8 Å². The number of hydrogen-bond acceptors (Lipinski definition) is 8. The predicted molar refractivity (Wildman–Crippen MR) is 162 cm³/mol. The fraction of sp³-hybridized carbons (Fsp3) is 0.161. The summed E-state index contributed by atoms with van der Waals surface area (Å²) in [6, 6.07) is 17.8. The lowest BCUT2D eigenvalue weighted by molar-refractivity contribution is -0.125. The molecule has 3 aromatic rings. The molecule has 0 atom stereocenters. The lowest BCUT2D eigenvalue weighted by atomic mass is 10.1. The molecule has 0 spiro atoms. The van der Waals surface area contributed by atoms with Gasteiger partial charge in [0.2, 0.25) is 11.8 Å². The van der Waals surface area contributed by atoms with Gasteiger partial charge in [0.15, 0.2) is 12.1 Å². The quantitative estimate of drug-likeness (QED) is 0.181. The van der Waals surface area contributed by atoms with E-state index in [2.05, 4.69) is 20.5 Å². The number of carbonyl (C=O) groups excluding carboxylic acids is 3. The molecule has 2 aliphatic heterocycles. The molecule has 0 radical (unpaired) electrons. The number of hydrogen-bond donors (Lipinski definition) is 2. The van der Waals surface area contributed by atoms with Crippen LogP contribution in [-0.2, 0) is 14.3 Å². The molecule has 0 bridgehead atoms. The first-order valence-corrected chi connectivity index (χ1v) is 13.5. The van der Waals surface area contributed by atoms with Gasteiger partial charge in [-0.1, -0.05) is 36.4 Å². The molecule has 0 saturated carbocycles. The maximum absolute atomic E-state index is 13.4. The van der Waals surface area contributed by atoms with Crippen molar-refractivity contribution < 1.29 is 24.2 Å². The zero-order chi connectivity index (χ0) is 30.3. The van der Waals surface area contributed by atoms with Crippen molar-refractivity contribution in [2.24, 2.45) is 10.1 Å². The number of para-hydroxylation sites is 2. The third-order valence-electron chi connectivity index (χ3n) is 6.68. The van der Waals surface area contributed by atoms with Gasteiger partial charge in [0.25, 0.3) is 17.7 Å². The minimum Gasteiger partial charge on any atom is -0.493 e. The largest absolute Gasteiger partial charge is 0.493 e. The zero-order valence-corrected chi connectivity index (χ0v) is 23.5. The molecule has 2 N–H and O–H groups in total. The molecule has 218 valence electrons. The number of ether oxygens (including phenoxy) is 1. The number of aromatic hydroxyl groups is 1. The Morgan fingerprint density at radius 1 is 1.07 bits per heavy atom. The highest BCUT2D eigenvalue weighted by molar-refractivity contribution is 6.29. The molecule has 1 fully saturated rings. The SMILES string of the molecule is CN=COC1=NN(c2ccccc2)C(=O)/C1=C\C=C(C=Cc1c(C(=O)NC)nn(-c2ccccc2)c1O)N1CCCC1=O. The summed E-state index contributed by atoms with van der Waals surface area (Å²) in [6.45, 7) is 0.458. The van der Waals surface area contributed by atoms with Crippen LogP contribution < -0.4 is 10.3 Å². The molecule has 5 rings (SSSR count). The van der Waals surface area contributed by atoms with E-state index in [-0.39, 0.29) is 34.5 Å². The number of hydrazone groups is 1. The second-order valence-corrected chi connectivity index (χ2v) is 9.41. The molecule has 1 aromatic heterocycles. The molecule has 2 aliphatic rings. The van der Waals surface area contributed by atoms with Crippen LogP contribution in [0.5, 0.6) is 5.88 Å². The van der Waals surface area contributed by atoms with Gasteiger partial charge in [-0.25, -0.2) is 0 Å². The van der Waals surface area contributed by atoms with E-state index >= 15 is 0 Å². The van der Waals surface area contributed by atoms with Crippen LogP contribution >= 0.6 is 0 Å². The van der Waals surface area contributed by atoms with E-state index in [4.69, 9.17) is 4.74 Å². The summed E-state index contributed by atoms with van der Waals surface area (Å²) in [5.41, 5.74) is 1.84. The Morgan fingerprint density at radius 2 is 1.77 bits per heavy atom. The van der Waals surface area contributed by atoms with Crippen LogP contribution in [0.4, 0.5) is 5.69 Å². The van der Waals surface area contributed by atoms with Gasteiger partial charge >= 0.3 is 0 Å². The minimum absolute atomic E-state index is 0.00305. The summed E-state index contributed by atoms with van der Waals surface area (Å²) >= 11 is 0. The van der Waals surface area contributed by atoms with Crippen LogP contribution in [0.2, 0.25) is 0 Å². The average Bonchev–Trinajstić information content (AvgIpc) is 3.71. The third kappa shape index (κ3) is 5.98. The van der Waals surface area contributed by atoms with Crippen molar-refractivity contribution in [1.82, 2.24) is 20.0 Å². The first-order chi connectivity index (χ1) is 20.9. The number of aromatic nitrogens is 2. The molecule has 0 aliphatic carbocycles. The fourth-order valence-corrected chi connectivity index (χ4v) is 4.58. The smallest absolute Gasteiger partial charge is 0.284 e. The van der Waals surface area contributed by atoms with E-state index in [0.29, 0.717) is 36.5 Å². The predicted octanol–water partition coefficient (Wildman–Crippen LogP) is 3.42. The monoisotopic (exact) mass is 579 g/mol. The van der Waals surface area contributed by atoms with E-state index in [1.54, 1.807) is 65.6 Å². The van der Waals surface area contributed by atoms with Crippen molar-refractivity contribution in [3.8, 4) is 11.6 Å². The highest BCUT2D eigenvalue weighted by Crippen LogP contribution is 2.29. The Hall–Kier alpha value is -5.78. The standard InChI is InChI=1S/C31H29N7O5/c1-32-20-43-29-25(31(42)38(35-29)23-12-7-4-8-13-23)18-16-21(36-19-9-14-26(36)39)15-17-24-27(28(40)33-2)34-37(30(24)41)22-10-5-3-6-11-22/h3-8,10-13,15-18,20,41H,9,14,19H2,1-2H3,(H,33,40)/b17-15?,21-16?,25-18-,32-20?. The molecule has 2 aromatic carbocycles. The van der Waals surface area contributed by atoms with Crippen LogP contribution in [0.25, 0.3) is 11.8 Å². The Balaban J connectivity index is 1.56. The van der Waals surface area contributed by atoms with Crippen LogP contribution in [-0.4, -0.2) is 70.4 Å². The van der Waals surface area contributed by atoms with Gasteiger partial charge in [-0.15, -0.1) is 5.10 Å². The molecule has 3 heterocycles. The number of nitrogens with zero attached hydrogens (tertiary/aromatic N) is 6. The van der Waals surface area contributed by atoms with E-state index in [0.717, 1.165) is 0 Å². The topological polar surface area (TPSA) is 142 Å². The number of amides is 3. The number of allylic oxidation sites excluding steroid dienone is 3. The van der Waals surface area contributed by atoms with E-state index < -0.39 is 11.8 Å². The van der Waals surface area contributed by atoms with Gasteiger partial charge < -0.3 is 20.1 Å². The van der Waals surface area contributed by atoms with Gasteiger partial charge in [0.05, 0.1) is 16.9 Å². The van der Waals surface area contributed by atoms with Crippen molar-refractivity contribution >= 4 is 41.8 Å². The maximum Gasteiger partial charge on any atom is 0.284 e. The van der Waals surface area contributed by atoms with Crippen LogP contribution in [0.1, 0.15) is 28.9 Å². The van der Waals surface area contributed by atoms with Gasteiger partial charge in [-0.05, 0) is 55.0 Å². The van der Waals surface area contributed by atoms with E-state index in [9.17, 15) is 19.5 Å². The van der Waals surface area contributed by atoms with Gasteiger partial charge in [-0.2, -0.15) is 14.8 Å². The molecule has 3 amide bonds. The Kier molecular flexibility index (Phi) is 8.56. The average molecular weight is 580 g/mol. The summed E-state index contributed by atoms with van der Waals surface area (Å²) in [5.74, 6) is -1.24. The lowest BCUT2D eigenvalue weighted by Gasteiger charge is -2.16. The summed E-state index contributed by atoms with van der Waals surface area (Å²) in [4.78, 5) is 44.2. The first kappa shape index (κ1) is 28.7. The van der Waals surface area contributed by atoms with Crippen molar-refractivity contribution in [1.29, 1.82) is 0 Å². The van der Waals surface area contributed by atoms with Crippen molar-refractivity contribution in [2.75, 3.05) is 25.6 Å². The molecule has 12 nitrogen and oxygen atoms in total. The highest BCUT2D eigenvalue weighted by atomic mass is 16.5. The molecular formula is C31H29N7O5. The maximum atomic E-state index is 13.4. The van der Waals surface area contributed by atoms with Crippen molar-refractivity contribution in [3.05, 3.63) is 101 Å². The Bertz CT molecular complexity index is 1690. The second kappa shape index (κ2) is 12.8. The van der Waals surface area contributed by atoms with Crippen LogP contribution in [0.15, 0.2) is 100 Å². The summed E-state index contributed by atoms with van der Waals surface area (Å²) in [6.07, 6.45) is 8.43. The van der Waals surface area contributed by atoms with Gasteiger partial charge in [0.1, 0.15) is 5.57 Å². The molecular weight excluding hydrogens is 550 g/mol. The zero-order valence-electron chi connectivity index (χ0n) is 23.5. The highest BCUT2D eigenvalue weighted by Gasteiger charge is 2.32.